The summed E-state index contributed by atoms with van der Waals surface area (Å²) in [6.45, 7) is 7.14. The first kappa shape index (κ1) is 15.0. The zero-order chi connectivity index (χ0) is 13.5. The molecule has 2 N–H and O–H groups in total. The Kier molecular flexibility index (Phi) is 6.12. The summed E-state index contributed by atoms with van der Waals surface area (Å²) in [5, 5.41) is 15.0. The molecule has 0 aliphatic rings. The van der Waals surface area contributed by atoms with Gasteiger partial charge in [0.05, 0.1) is 5.69 Å². The van der Waals surface area contributed by atoms with Crippen LogP contribution in [0.1, 0.15) is 38.8 Å². The highest BCUT2D eigenvalue weighted by molar-refractivity contribution is 7.13. The molecule has 1 heterocycles. The van der Waals surface area contributed by atoms with Crippen molar-refractivity contribution in [1.82, 2.24) is 4.98 Å². The second kappa shape index (κ2) is 7.36. The zero-order valence-corrected chi connectivity index (χ0v) is 12.1. The Bertz CT molecular complexity index is 377. The summed E-state index contributed by atoms with van der Waals surface area (Å²) in [5.41, 5.74) is 1.04. The van der Waals surface area contributed by atoms with Crippen molar-refractivity contribution in [2.75, 3.05) is 11.9 Å². The van der Waals surface area contributed by atoms with Crippen molar-refractivity contribution in [3.63, 3.8) is 0 Å². The predicted molar refractivity (Wildman–Crippen MR) is 75.2 cm³/mol. The van der Waals surface area contributed by atoms with Gasteiger partial charge in [-0.25, -0.2) is 4.98 Å². The number of carbonyl (C=O) groups is 1. The van der Waals surface area contributed by atoms with Crippen molar-refractivity contribution < 1.29 is 9.90 Å². The van der Waals surface area contributed by atoms with Crippen LogP contribution in [0.3, 0.4) is 0 Å². The minimum Gasteiger partial charge on any atom is -0.481 e. The molecule has 102 valence electrons. The molecule has 0 fully saturated rings. The van der Waals surface area contributed by atoms with E-state index in [1.54, 1.807) is 11.3 Å². The van der Waals surface area contributed by atoms with Gasteiger partial charge < -0.3 is 10.4 Å². The van der Waals surface area contributed by atoms with E-state index in [1.807, 2.05) is 12.3 Å². The van der Waals surface area contributed by atoms with E-state index in [0.29, 0.717) is 11.8 Å². The normalized spacial score (nSPS) is 12.7. The van der Waals surface area contributed by atoms with Gasteiger partial charge >= 0.3 is 5.97 Å². The number of carboxylic acid groups (broad SMARTS) is 1. The van der Waals surface area contributed by atoms with Crippen molar-refractivity contribution in [1.29, 1.82) is 0 Å². The molecule has 5 heteroatoms. The number of nitrogens with one attached hydrogen (secondary N) is 1. The van der Waals surface area contributed by atoms with Gasteiger partial charge in [-0.3, -0.25) is 4.79 Å². The first-order valence-corrected chi connectivity index (χ1v) is 7.24. The minimum atomic E-state index is -0.704. The van der Waals surface area contributed by atoms with Crippen LogP contribution in [-0.2, 0) is 4.79 Å². The summed E-state index contributed by atoms with van der Waals surface area (Å²) in [6, 6.07) is 0. The Balaban J connectivity index is 2.31. The summed E-state index contributed by atoms with van der Waals surface area (Å²) in [7, 11) is 0. The highest BCUT2D eigenvalue weighted by atomic mass is 32.1. The second-order valence-corrected chi connectivity index (χ2v) is 5.80. The molecule has 1 aromatic heterocycles. The van der Waals surface area contributed by atoms with Crippen molar-refractivity contribution in [3.05, 3.63) is 11.1 Å². The van der Waals surface area contributed by atoms with E-state index in [1.165, 1.54) is 0 Å². The van der Waals surface area contributed by atoms with Crippen LogP contribution in [0.25, 0.3) is 0 Å². The average Bonchev–Trinajstić information content (AvgIpc) is 2.68. The average molecular weight is 270 g/mol. The largest absolute Gasteiger partial charge is 0.481 e. The fourth-order valence-electron chi connectivity index (χ4n) is 1.92. The molecular weight excluding hydrogens is 248 g/mol. The molecule has 0 amide bonds. The predicted octanol–water partition coefficient (Wildman–Crippen LogP) is 3.39. The maximum Gasteiger partial charge on any atom is 0.303 e. The molecule has 0 spiro atoms. The van der Waals surface area contributed by atoms with Crippen molar-refractivity contribution in [3.8, 4) is 0 Å². The Labute approximate surface area is 112 Å². The van der Waals surface area contributed by atoms with Crippen molar-refractivity contribution in [2.45, 2.75) is 40.0 Å². The first-order valence-electron chi connectivity index (χ1n) is 6.37. The van der Waals surface area contributed by atoms with E-state index in [4.69, 9.17) is 5.11 Å². The van der Waals surface area contributed by atoms with E-state index in [0.717, 1.165) is 30.2 Å². The molecule has 0 saturated carbocycles. The van der Waals surface area contributed by atoms with E-state index in [2.05, 4.69) is 24.1 Å². The van der Waals surface area contributed by atoms with Crippen molar-refractivity contribution in [2.24, 2.45) is 11.8 Å². The topological polar surface area (TPSA) is 62.2 Å². The molecule has 0 aliphatic carbocycles. The van der Waals surface area contributed by atoms with E-state index < -0.39 is 5.97 Å². The van der Waals surface area contributed by atoms with Gasteiger partial charge in [0, 0.05) is 18.3 Å². The third-order valence-electron chi connectivity index (χ3n) is 3.08. The second-order valence-electron chi connectivity index (χ2n) is 4.95. The quantitative estimate of drug-likeness (QED) is 0.760. The van der Waals surface area contributed by atoms with Gasteiger partial charge in [0.15, 0.2) is 5.13 Å². The van der Waals surface area contributed by atoms with Gasteiger partial charge in [-0.1, -0.05) is 13.8 Å². The Morgan fingerprint density at radius 1 is 1.50 bits per heavy atom. The van der Waals surface area contributed by atoms with Crippen LogP contribution in [0.4, 0.5) is 5.13 Å². The summed E-state index contributed by atoms with van der Waals surface area (Å²) >= 11 is 1.61. The van der Waals surface area contributed by atoms with Crippen molar-refractivity contribution >= 4 is 22.4 Å². The number of rotatable bonds is 8. The molecule has 1 rings (SSSR count). The third kappa shape index (κ3) is 5.49. The number of aliphatic carboxylic acids is 1. The van der Waals surface area contributed by atoms with Gasteiger partial charge in [-0.2, -0.15) is 0 Å². The number of aryl methyl sites for hydroxylation is 1. The van der Waals surface area contributed by atoms with E-state index in [-0.39, 0.29) is 6.42 Å². The lowest BCUT2D eigenvalue weighted by Gasteiger charge is -2.20. The molecule has 1 atom stereocenters. The molecule has 1 unspecified atom stereocenters. The molecule has 0 aliphatic heterocycles. The zero-order valence-electron chi connectivity index (χ0n) is 11.3. The maximum atomic E-state index is 10.6. The van der Waals surface area contributed by atoms with Crippen LogP contribution in [0.2, 0.25) is 0 Å². The molecule has 0 bridgehead atoms. The lowest BCUT2D eigenvalue weighted by Crippen LogP contribution is -2.15. The first-order chi connectivity index (χ1) is 8.49. The lowest BCUT2D eigenvalue weighted by atomic mass is 9.88. The van der Waals surface area contributed by atoms with Gasteiger partial charge in [0.2, 0.25) is 0 Å². The van der Waals surface area contributed by atoms with Gasteiger partial charge in [-0.15, -0.1) is 11.3 Å². The van der Waals surface area contributed by atoms with Crippen LogP contribution in [0, 0.1) is 18.8 Å². The van der Waals surface area contributed by atoms with Crippen LogP contribution in [0.15, 0.2) is 5.38 Å². The van der Waals surface area contributed by atoms with Crippen LogP contribution in [-0.4, -0.2) is 22.6 Å². The highest BCUT2D eigenvalue weighted by Crippen LogP contribution is 2.22. The number of aromatic nitrogens is 1. The summed E-state index contributed by atoms with van der Waals surface area (Å²) < 4.78 is 0. The molecular formula is C13H22N2O2S. The number of thiazole rings is 1. The van der Waals surface area contributed by atoms with Crippen LogP contribution >= 0.6 is 11.3 Å². The fraction of sp³-hybridized carbons (Fsp3) is 0.692. The van der Waals surface area contributed by atoms with E-state index in [9.17, 15) is 4.79 Å². The Hall–Kier alpha value is -1.10. The number of hydrogen-bond donors (Lipinski definition) is 2. The number of carboxylic acids is 1. The van der Waals surface area contributed by atoms with Gasteiger partial charge in [0.1, 0.15) is 0 Å². The molecule has 0 radical (unpaired) electrons. The monoisotopic (exact) mass is 270 g/mol. The Morgan fingerprint density at radius 3 is 2.72 bits per heavy atom. The summed E-state index contributed by atoms with van der Waals surface area (Å²) in [6.07, 6.45) is 2.01. The molecule has 18 heavy (non-hydrogen) atoms. The molecule has 0 saturated heterocycles. The molecule has 1 aromatic rings. The highest BCUT2D eigenvalue weighted by Gasteiger charge is 2.14. The minimum absolute atomic E-state index is 0.263. The van der Waals surface area contributed by atoms with E-state index >= 15 is 0 Å². The Morgan fingerprint density at radius 2 is 2.22 bits per heavy atom. The summed E-state index contributed by atoms with van der Waals surface area (Å²) in [5.74, 6) is 0.267. The lowest BCUT2D eigenvalue weighted by molar-refractivity contribution is -0.137. The van der Waals surface area contributed by atoms with Gasteiger partial charge in [-0.05, 0) is 31.6 Å². The third-order valence-corrected chi connectivity index (χ3v) is 4.00. The maximum absolute atomic E-state index is 10.6. The van der Waals surface area contributed by atoms with Crippen LogP contribution in [0.5, 0.6) is 0 Å². The van der Waals surface area contributed by atoms with Gasteiger partial charge in [0.25, 0.3) is 0 Å². The van der Waals surface area contributed by atoms with Crippen LogP contribution < -0.4 is 5.32 Å². The summed E-state index contributed by atoms with van der Waals surface area (Å²) in [4.78, 5) is 14.9. The molecule has 4 nitrogen and oxygen atoms in total. The number of anilines is 1. The SMILES string of the molecule is Cc1csc(NCCC(CCC(=O)O)C(C)C)n1. The smallest absolute Gasteiger partial charge is 0.303 e. The molecule has 0 aromatic carbocycles. The fourth-order valence-corrected chi connectivity index (χ4v) is 2.64. The standard InChI is InChI=1S/C13H22N2O2S/c1-9(2)11(4-5-12(16)17)6-7-14-13-15-10(3)8-18-13/h8-9,11H,4-7H2,1-3H3,(H,14,15)(H,16,17). The number of nitrogens with zero attached hydrogens (tertiary/aromatic N) is 1. The number of hydrogen-bond acceptors (Lipinski definition) is 4.